The topological polar surface area (TPSA) is 57.7 Å². The number of rotatable bonds is 5. The molecule has 1 saturated heterocycles. The van der Waals surface area contributed by atoms with Crippen LogP contribution in [0.1, 0.15) is 26.7 Å². The second-order valence-electron chi connectivity index (χ2n) is 6.17. The van der Waals surface area contributed by atoms with Crippen molar-refractivity contribution in [2.24, 2.45) is 5.92 Å². The van der Waals surface area contributed by atoms with Crippen LogP contribution in [0.5, 0.6) is 0 Å². The van der Waals surface area contributed by atoms with Gasteiger partial charge in [-0.3, -0.25) is 4.79 Å². The SMILES string of the molecule is CC(C)CCC(=O)N1CCN(S(=O)(=O)c2ccc(F)cc2)CC1. The average molecular weight is 342 g/mol. The minimum atomic E-state index is -3.62. The largest absolute Gasteiger partial charge is 0.340 e. The summed E-state index contributed by atoms with van der Waals surface area (Å²) in [5.41, 5.74) is 0. The molecule has 1 aromatic carbocycles. The fraction of sp³-hybridized carbons (Fsp3) is 0.562. The molecule has 0 atom stereocenters. The third-order valence-electron chi connectivity index (χ3n) is 3.98. The van der Waals surface area contributed by atoms with Crippen molar-refractivity contribution in [1.29, 1.82) is 0 Å². The van der Waals surface area contributed by atoms with E-state index >= 15 is 0 Å². The molecule has 0 unspecified atom stereocenters. The number of sulfonamides is 1. The van der Waals surface area contributed by atoms with Crippen LogP contribution < -0.4 is 0 Å². The van der Waals surface area contributed by atoms with Crippen molar-refractivity contribution in [3.8, 4) is 0 Å². The van der Waals surface area contributed by atoms with E-state index in [4.69, 9.17) is 0 Å². The van der Waals surface area contributed by atoms with E-state index < -0.39 is 15.8 Å². The van der Waals surface area contributed by atoms with Crippen LogP contribution in [0.2, 0.25) is 0 Å². The number of nitrogens with zero attached hydrogens (tertiary/aromatic N) is 2. The third kappa shape index (κ3) is 4.51. The van der Waals surface area contributed by atoms with E-state index in [1.807, 2.05) is 0 Å². The van der Waals surface area contributed by atoms with Crippen molar-refractivity contribution in [3.63, 3.8) is 0 Å². The summed E-state index contributed by atoms with van der Waals surface area (Å²) in [5, 5.41) is 0. The van der Waals surface area contributed by atoms with Gasteiger partial charge >= 0.3 is 0 Å². The molecule has 0 radical (unpaired) electrons. The van der Waals surface area contributed by atoms with Gasteiger partial charge in [-0.15, -0.1) is 0 Å². The zero-order valence-electron chi connectivity index (χ0n) is 13.5. The molecule has 0 aromatic heterocycles. The maximum absolute atomic E-state index is 12.9. The maximum atomic E-state index is 12.9. The smallest absolute Gasteiger partial charge is 0.243 e. The van der Waals surface area contributed by atoms with Crippen LogP contribution in [-0.2, 0) is 14.8 Å². The number of hydrogen-bond acceptors (Lipinski definition) is 3. The minimum Gasteiger partial charge on any atom is -0.340 e. The summed E-state index contributed by atoms with van der Waals surface area (Å²) in [6.45, 7) is 5.48. The minimum absolute atomic E-state index is 0.0810. The van der Waals surface area contributed by atoms with Crippen molar-refractivity contribution in [2.45, 2.75) is 31.6 Å². The Hall–Kier alpha value is -1.47. The molecule has 1 amide bonds. The number of piperazine rings is 1. The normalized spacial score (nSPS) is 16.8. The van der Waals surface area contributed by atoms with Crippen molar-refractivity contribution in [2.75, 3.05) is 26.2 Å². The number of benzene rings is 1. The lowest BCUT2D eigenvalue weighted by atomic mass is 10.1. The standard InChI is InChI=1S/C16H23FN2O3S/c1-13(2)3-8-16(20)18-9-11-19(12-10-18)23(21,22)15-6-4-14(17)5-7-15/h4-7,13H,3,8-12H2,1-2H3. The van der Waals surface area contributed by atoms with Crippen LogP contribution in [0.4, 0.5) is 4.39 Å². The van der Waals surface area contributed by atoms with Gasteiger partial charge in [-0.2, -0.15) is 4.31 Å². The van der Waals surface area contributed by atoms with E-state index in [1.54, 1.807) is 4.90 Å². The summed E-state index contributed by atoms with van der Waals surface area (Å²) in [5.74, 6) is 0.0844. The van der Waals surface area contributed by atoms with Gasteiger partial charge in [-0.1, -0.05) is 13.8 Å². The summed E-state index contributed by atoms with van der Waals surface area (Å²) in [7, 11) is -3.62. The van der Waals surface area contributed by atoms with Crippen LogP contribution >= 0.6 is 0 Å². The number of carbonyl (C=O) groups excluding carboxylic acids is 1. The summed E-state index contributed by atoms with van der Waals surface area (Å²) in [4.78, 5) is 13.9. The van der Waals surface area contributed by atoms with Crippen LogP contribution in [0, 0.1) is 11.7 Å². The number of amides is 1. The first-order valence-electron chi connectivity index (χ1n) is 7.84. The Morgan fingerprint density at radius 2 is 1.70 bits per heavy atom. The zero-order valence-corrected chi connectivity index (χ0v) is 14.4. The zero-order chi connectivity index (χ0) is 17.0. The Labute approximate surface area is 137 Å². The lowest BCUT2D eigenvalue weighted by Crippen LogP contribution is -2.50. The Kier molecular flexibility index (Phi) is 5.75. The van der Waals surface area contributed by atoms with Crippen LogP contribution in [0.25, 0.3) is 0 Å². The Bertz CT molecular complexity index is 636. The maximum Gasteiger partial charge on any atom is 0.243 e. The lowest BCUT2D eigenvalue weighted by Gasteiger charge is -2.34. The Morgan fingerprint density at radius 1 is 1.13 bits per heavy atom. The van der Waals surface area contributed by atoms with Gasteiger partial charge in [-0.25, -0.2) is 12.8 Å². The summed E-state index contributed by atoms with van der Waals surface area (Å²) >= 11 is 0. The Balaban J connectivity index is 1.95. The molecule has 0 bridgehead atoms. The highest BCUT2D eigenvalue weighted by Crippen LogP contribution is 2.18. The molecule has 1 aromatic rings. The highest BCUT2D eigenvalue weighted by atomic mass is 32.2. The first kappa shape index (κ1) is 17.9. The molecule has 23 heavy (non-hydrogen) atoms. The molecule has 1 heterocycles. The predicted octanol–water partition coefficient (Wildman–Crippen LogP) is 2.09. The Morgan fingerprint density at radius 3 is 2.22 bits per heavy atom. The van der Waals surface area contributed by atoms with E-state index in [0.29, 0.717) is 25.4 Å². The molecule has 0 spiro atoms. The fourth-order valence-corrected chi connectivity index (χ4v) is 3.93. The van der Waals surface area contributed by atoms with E-state index in [1.165, 1.54) is 16.4 Å². The van der Waals surface area contributed by atoms with Gasteiger partial charge in [0.25, 0.3) is 0 Å². The van der Waals surface area contributed by atoms with Gasteiger partial charge < -0.3 is 4.90 Å². The molecule has 0 N–H and O–H groups in total. The van der Waals surface area contributed by atoms with Gasteiger partial charge in [0.2, 0.25) is 15.9 Å². The number of hydrogen-bond donors (Lipinski definition) is 0. The van der Waals surface area contributed by atoms with Crippen LogP contribution in [-0.4, -0.2) is 49.7 Å². The molecule has 128 valence electrons. The molecule has 7 heteroatoms. The molecule has 0 saturated carbocycles. The van der Waals surface area contributed by atoms with Crippen molar-refractivity contribution in [3.05, 3.63) is 30.1 Å². The monoisotopic (exact) mass is 342 g/mol. The summed E-state index contributed by atoms with van der Waals surface area (Å²) in [6, 6.07) is 4.81. The van der Waals surface area contributed by atoms with Crippen molar-refractivity contribution >= 4 is 15.9 Å². The number of halogens is 1. The second-order valence-corrected chi connectivity index (χ2v) is 8.11. The van der Waals surface area contributed by atoms with E-state index in [2.05, 4.69) is 13.8 Å². The first-order chi connectivity index (χ1) is 10.8. The lowest BCUT2D eigenvalue weighted by molar-refractivity contribution is -0.132. The molecule has 5 nitrogen and oxygen atoms in total. The highest BCUT2D eigenvalue weighted by Gasteiger charge is 2.29. The molecule has 0 aliphatic carbocycles. The van der Waals surface area contributed by atoms with Gasteiger partial charge in [0.1, 0.15) is 5.82 Å². The molecular weight excluding hydrogens is 319 g/mol. The van der Waals surface area contributed by atoms with Gasteiger partial charge in [0.15, 0.2) is 0 Å². The van der Waals surface area contributed by atoms with Crippen molar-refractivity contribution < 1.29 is 17.6 Å². The van der Waals surface area contributed by atoms with Crippen LogP contribution in [0.3, 0.4) is 0 Å². The fourth-order valence-electron chi connectivity index (χ4n) is 2.50. The predicted molar refractivity (Wildman–Crippen MR) is 85.8 cm³/mol. The third-order valence-corrected chi connectivity index (χ3v) is 5.89. The molecule has 1 aliphatic rings. The molecular formula is C16H23FN2O3S. The van der Waals surface area contributed by atoms with Crippen molar-refractivity contribution in [1.82, 2.24) is 9.21 Å². The summed E-state index contributed by atoms with van der Waals surface area (Å²) < 4.78 is 39.3. The first-order valence-corrected chi connectivity index (χ1v) is 9.28. The molecule has 2 rings (SSSR count). The quantitative estimate of drug-likeness (QED) is 0.823. The van der Waals surface area contributed by atoms with E-state index in [9.17, 15) is 17.6 Å². The van der Waals surface area contributed by atoms with Gasteiger partial charge in [-0.05, 0) is 36.6 Å². The van der Waals surface area contributed by atoms with E-state index in [0.717, 1.165) is 18.6 Å². The number of carbonyl (C=O) groups is 1. The van der Waals surface area contributed by atoms with E-state index in [-0.39, 0.29) is 23.9 Å². The van der Waals surface area contributed by atoms with Gasteiger partial charge in [0.05, 0.1) is 4.90 Å². The summed E-state index contributed by atoms with van der Waals surface area (Å²) in [6.07, 6.45) is 1.34. The van der Waals surface area contributed by atoms with Gasteiger partial charge in [0, 0.05) is 32.6 Å². The molecule has 1 fully saturated rings. The highest BCUT2D eigenvalue weighted by molar-refractivity contribution is 7.89. The second kappa shape index (κ2) is 7.40. The van der Waals surface area contributed by atoms with Crippen LogP contribution in [0.15, 0.2) is 29.2 Å². The average Bonchev–Trinajstić information content (AvgIpc) is 2.53. The molecule has 1 aliphatic heterocycles.